The van der Waals surface area contributed by atoms with Crippen LogP contribution in [0.15, 0.2) is 58.1 Å². The largest absolute Gasteiger partial charge is 0.378 e. The molecular weight excluding hydrogens is 300 g/mol. The van der Waals surface area contributed by atoms with Gasteiger partial charge in [-0.3, -0.25) is 9.59 Å². The van der Waals surface area contributed by atoms with Crippen molar-refractivity contribution in [2.24, 2.45) is 0 Å². The van der Waals surface area contributed by atoms with Gasteiger partial charge in [0, 0.05) is 26.3 Å². The Hall–Kier alpha value is -2.88. The van der Waals surface area contributed by atoms with E-state index in [4.69, 9.17) is 0 Å². The van der Waals surface area contributed by atoms with Gasteiger partial charge in [0.05, 0.1) is 11.3 Å². The molecule has 0 unspecified atom stereocenters. The number of anilines is 2. The first kappa shape index (κ1) is 16.0. The third-order valence-corrected chi connectivity index (χ3v) is 4.17. The van der Waals surface area contributed by atoms with E-state index in [1.54, 1.807) is 0 Å². The van der Waals surface area contributed by atoms with Gasteiger partial charge in [-0.05, 0) is 30.2 Å². The quantitative estimate of drug-likeness (QED) is 0.734. The molecular formula is C20H20N2O2. The Morgan fingerprint density at radius 3 is 2.08 bits per heavy atom. The molecule has 0 radical (unpaired) electrons. The average molecular weight is 320 g/mol. The Morgan fingerprint density at radius 1 is 0.875 bits per heavy atom. The van der Waals surface area contributed by atoms with E-state index in [-0.39, 0.29) is 0 Å². The minimum Gasteiger partial charge on any atom is -0.378 e. The second-order valence-electron chi connectivity index (χ2n) is 6.19. The van der Waals surface area contributed by atoms with Crippen molar-refractivity contribution in [3.8, 4) is 11.1 Å². The molecule has 0 fully saturated rings. The highest BCUT2D eigenvalue weighted by Crippen LogP contribution is 2.24. The van der Waals surface area contributed by atoms with Crippen molar-refractivity contribution in [3.05, 3.63) is 80.1 Å². The van der Waals surface area contributed by atoms with Crippen LogP contribution in [-0.2, 0) is 6.54 Å². The summed E-state index contributed by atoms with van der Waals surface area (Å²) in [6, 6.07) is 15.7. The van der Waals surface area contributed by atoms with Gasteiger partial charge in [0.2, 0.25) is 10.9 Å². The minimum atomic E-state index is -0.435. The Bertz CT molecular complexity index is 916. The van der Waals surface area contributed by atoms with Crippen molar-refractivity contribution >= 4 is 11.4 Å². The molecule has 3 aromatic carbocycles. The summed E-state index contributed by atoms with van der Waals surface area (Å²) in [5, 5.41) is 3.12. The second-order valence-corrected chi connectivity index (χ2v) is 6.19. The summed E-state index contributed by atoms with van der Waals surface area (Å²) in [6.07, 6.45) is 0. The summed E-state index contributed by atoms with van der Waals surface area (Å²) in [5.41, 5.74) is 4.14. The van der Waals surface area contributed by atoms with E-state index in [2.05, 4.69) is 5.32 Å². The molecule has 0 bridgehead atoms. The van der Waals surface area contributed by atoms with Crippen LogP contribution < -0.4 is 21.1 Å². The van der Waals surface area contributed by atoms with Gasteiger partial charge in [-0.1, -0.05) is 42.0 Å². The molecule has 0 aliphatic carbocycles. The lowest BCUT2D eigenvalue weighted by Gasteiger charge is -2.15. The van der Waals surface area contributed by atoms with E-state index in [0.29, 0.717) is 17.8 Å². The number of nitrogens with one attached hydrogen (secondary N) is 1. The SMILES string of the molecule is Cc1ccc(-c2c(NCc3ccc(N(C)C)cc3)c(=O)c2=O)cc1. The summed E-state index contributed by atoms with van der Waals surface area (Å²) < 4.78 is 0. The first-order chi connectivity index (χ1) is 11.5. The van der Waals surface area contributed by atoms with E-state index in [0.717, 1.165) is 22.4 Å². The molecule has 0 aliphatic rings. The first-order valence-electron chi connectivity index (χ1n) is 7.88. The van der Waals surface area contributed by atoms with Crippen LogP contribution in [0.1, 0.15) is 11.1 Å². The normalized spacial score (nSPS) is 10.8. The van der Waals surface area contributed by atoms with Gasteiger partial charge in [-0.15, -0.1) is 0 Å². The first-order valence-corrected chi connectivity index (χ1v) is 7.88. The van der Waals surface area contributed by atoms with Crippen LogP contribution in [0, 0.1) is 6.92 Å². The Labute approximate surface area is 141 Å². The van der Waals surface area contributed by atoms with E-state index in [1.165, 1.54) is 0 Å². The van der Waals surface area contributed by atoms with Gasteiger partial charge in [0.15, 0.2) is 0 Å². The number of aryl methyl sites for hydroxylation is 1. The molecule has 0 aliphatic heterocycles. The van der Waals surface area contributed by atoms with Crippen LogP contribution in [0.5, 0.6) is 0 Å². The molecule has 0 saturated carbocycles. The molecule has 0 spiro atoms. The smallest absolute Gasteiger partial charge is 0.250 e. The molecule has 0 atom stereocenters. The third-order valence-electron chi connectivity index (χ3n) is 4.17. The lowest BCUT2D eigenvalue weighted by molar-refractivity contribution is 1.10. The van der Waals surface area contributed by atoms with Gasteiger partial charge in [0.1, 0.15) is 0 Å². The number of hydrogen-bond donors (Lipinski definition) is 1. The molecule has 24 heavy (non-hydrogen) atoms. The summed E-state index contributed by atoms with van der Waals surface area (Å²) in [7, 11) is 3.98. The van der Waals surface area contributed by atoms with E-state index >= 15 is 0 Å². The zero-order chi connectivity index (χ0) is 17.3. The molecule has 0 saturated heterocycles. The van der Waals surface area contributed by atoms with E-state index in [9.17, 15) is 9.59 Å². The fourth-order valence-electron chi connectivity index (χ4n) is 2.66. The summed E-state index contributed by atoms with van der Waals surface area (Å²) >= 11 is 0. The van der Waals surface area contributed by atoms with Gasteiger partial charge in [-0.2, -0.15) is 0 Å². The van der Waals surface area contributed by atoms with Crippen molar-refractivity contribution in [1.82, 2.24) is 0 Å². The highest BCUT2D eigenvalue weighted by Gasteiger charge is 2.21. The topological polar surface area (TPSA) is 49.4 Å². The van der Waals surface area contributed by atoms with Crippen molar-refractivity contribution < 1.29 is 0 Å². The van der Waals surface area contributed by atoms with Gasteiger partial charge < -0.3 is 10.2 Å². The monoisotopic (exact) mass is 320 g/mol. The predicted molar refractivity (Wildman–Crippen MR) is 99.6 cm³/mol. The molecule has 0 heterocycles. The molecule has 122 valence electrons. The fraction of sp³-hybridized carbons (Fsp3) is 0.200. The lowest BCUT2D eigenvalue weighted by Crippen LogP contribution is -2.36. The van der Waals surface area contributed by atoms with Crippen molar-refractivity contribution in [2.45, 2.75) is 13.5 Å². The van der Waals surface area contributed by atoms with Crippen LogP contribution in [0.2, 0.25) is 0 Å². The Morgan fingerprint density at radius 2 is 1.50 bits per heavy atom. The minimum absolute atomic E-state index is 0.413. The zero-order valence-corrected chi connectivity index (χ0v) is 14.1. The van der Waals surface area contributed by atoms with Gasteiger partial charge in [-0.25, -0.2) is 0 Å². The van der Waals surface area contributed by atoms with Crippen molar-refractivity contribution in [3.63, 3.8) is 0 Å². The summed E-state index contributed by atoms with van der Waals surface area (Å²) in [4.78, 5) is 25.9. The maximum atomic E-state index is 11.9. The maximum absolute atomic E-state index is 11.9. The van der Waals surface area contributed by atoms with Gasteiger partial charge in [0.25, 0.3) is 0 Å². The molecule has 0 amide bonds. The summed E-state index contributed by atoms with van der Waals surface area (Å²) in [5.74, 6) is 0. The van der Waals surface area contributed by atoms with Crippen molar-refractivity contribution in [2.75, 3.05) is 24.3 Å². The molecule has 0 aromatic heterocycles. The summed E-state index contributed by atoms with van der Waals surface area (Å²) in [6.45, 7) is 2.50. The number of hydrogen-bond acceptors (Lipinski definition) is 4. The van der Waals surface area contributed by atoms with Crippen molar-refractivity contribution in [1.29, 1.82) is 0 Å². The Balaban J connectivity index is 1.79. The highest BCUT2D eigenvalue weighted by molar-refractivity contribution is 5.81. The van der Waals surface area contributed by atoms with E-state index in [1.807, 2.05) is 74.4 Å². The maximum Gasteiger partial charge on any atom is 0.250 e. The van der Waals surface area contributed by atoms with Crippen LogP contribution in [0.3, 0.4) is 0 Å². The highest BCUT2D eigenvalue weighted by atomic mass is 16.2. The van der Waals surface area contributed by atoms with E-state index < -0.39 is 10.9 Å². The number of benzene rings is 2. The zero-order valence-electron chi connectivity index (χ0n) is 14.1. The van der Waals surface area contributed by atoms with Crippen LogP contribution in [0.25, 0.3) is 11.1 Å². The van der Waals surface area contributed by atoms with Crippen LogP contribution in [0.4, 0.5) is 11.4 Å². The van der Waals surface area contributed by atoms with Crippen LogP contribution in [-0.4, -0.2) is 14.1 Å². The number of rotatable bonds is 5. The molecule has 1 N–H and O–H groups in total. The number of nitrogens with zero attached hydrogens (tertiary/aromatic N) is 1. The third kappa shape index (κ3) is 2.95. The predicted octanol–water partition coefficient (Wildman–Crippen LogP) is 2.94. The Kier molecular flexibility index (Phi) is 4.21. The standard InChI is InChI=1S/C20H20N2O2/c1-13-4-8-15(9-5-13)17-18(20(24)19(17)23)21-12-14-6-10-16(11-7-14)22(2)3/h4-11,21H,12H2,1-3H3. The lowest BCUT2D eigenvalue weighted by atomic mass is 9.97. The van der Waals surface area contributed by atoms with Crippen LogP contribution >= 0.6 is 0 Å². The molecule has 3 rings (SSSR count). The average Bonchev–Trinajstić information content (AvgIpc) is 2.59. The fourth-order valence-corrected chi connectivity index (χ4v) is 2.66. The van der Waals surface area contributed by atoms with Gasteiger partial charge >= 0.3 is 0 Å². The molecule has 3 aromatic rings. The molecule has 4 heteroatoms. The second kappa shape index (κ2) is 6.32. The molecule has 4 nitrogen and oxygen atoms in total.